The van der Waals surface area contributed by atoms with Crippen LogP contribution >= 0.6 is 23.2 Å². The lowest BCUT2D eigenvalue weighted by molar-refractivity contribution is -0.127. The second-order valence-electron chi connectivity index (χ2n) is 4.91. The Kier molecular flexibility index (Phi) is 6.23. The normalized spacial score (nSPS) is 12.5. The lowest BCUT2D eigenvalue weighted by Gasteiger charge is -2.15. The number of amides is 1. The molecule has 0 heterocycles. The average molecular weight is 407 g/mol. The van der Waals surface area contributed by atoms with Gasteiger partial charge >= 0.3 is 0 Å². The Morgan fingerprint density at radius 1 is 1.12 bits per heavy atom. The maximum Gasteiger partial charge on any atom is 0.275 e. The van der Waals surface area contributed by atoms with Gasteiger partial charge in [0.1, 0.15) is 11.6 Å². The Morgan fingerprint density at radius 2 is 1.68 bits per heavy atom. The fraction of sp³-hybridized carbons (Fsp3) is 0.133. The Balaban J connectivity index is 1.99. The van der Waals surface area contributed by atoms with Crippen LogP contribution in [-0.2, 0) is 14.8 Å². The number of benzene rings is 2. The van der Waals surface area contributed by atoms with Crippen molar-refractivity contribution in [2.75, 3.05) is 0 Å². The third-order valence-corrected chi connectivity index (χ3v) is 4.61. The van der Waals surface area contributed by atoms with Crippen molar-refractivity contribution >= 4 is 39.1 Å². The van der Waals surface area contributed by atoms with E-state index >= 15 is 0 Å². The van der Waals surface area contributed by atoms with Crippen molar-refractivity contribution in [3.05, 3.63) is 58.3 Å². The van der Waals surface area contributed by atoms with Gasteiger partial charge in [-0.05, 0) is 49.4 Å². The van der Waals surface area contributed by atoms with E-state index in [1.807, 2.05) is 10.3 Å². The van der Waals surface area contributed by atoms with E-state index in [4.69, 9.17) is 27.9 Å². The Bertz CT molecular complexity index is 855. The molecule has 0 saturated heterocycles. The van der Waals surface area contributed by atoms with Gasteiger partial charge in [-0.15, -0.1) is 4.83 Å². The highest BCUT2D eigenvalue weighted by Gasteiger charge is 2.20. The van der Waals surface area contributed by atoms with Gasteiger partial charge in [0.05, 0.1) is 4.90 Å². The molecule has 1 atom stereocenters. The van der Waals surface area contributed by atoms with Gasteiger partial charge in [-0.1, -0.05) is 23.2 Å². The maximum atomic E-state index is 12.8. The van der Waals surface area contributed by atoms with Crippen LogP contribution in [0, 0.1) is 5.82 Å². The zero-order valence-electron chi connectivity index (χ0n) is 12.8. The molecule has 0 bridgehead atoms. The fourth-order valence-corrected chi connectivity index (χ4v) is 3.30. The van der Waals surface area contributed by atoms with Crippen LogP contribution in [0.1, 0.15) is 6.92 Å². The first-order valence-corrected chi connectivity index (χ1v) is 9.11. The average Bonchev–Trinajstić information content (AvgIpc) is 2.54. The molecule has 2 aromatic rings. The number of hydrogen-bond donors (Lipinski definition) is 2. The third-order valence-electron chi connectivity index (χ3n) is 2.95. The SMILES string of the molecule is C[C@H](Oc1ccc(F)cc1)C(=O)NNS(=O)(=O)c1cc(Cl)cc(Cl)c1. The van der Waals surface area contributed by atoms with E-state index in [0.717, 1.165) is 0 Å². The van der Waals surface area contributed by atoms with Gasteiger partial charge in [-0.3, -0.25) is 10.2 Å². The van der Waals surface area contributed by atoms with Crippen LogP contribution in [0.5, 0.6) is 5.75 Å². The van der Waals surface area contributed by atoms with Gasteiger partial charge in [0, 0.05) is 10.0 Å². The molecular formula is C15H13Cl2FN2O4S. The second kappa shape index (κ2) is 8.01. The molecule has 0 fully saturated rings. The van der Waals surface area contributed by atoms with E-state index in [1.165, 1.54) is 49.4 Å². The molecule has 6 nitrogen and oxygen atoms in total. The van der Waals surface area contributed by atoms with E-state index in [1.54, 1.807) is 0 Å². The first-order chi connectivity index (χ1) is 11.7. The maximum absolute atomic E-state index is 12.8. The molecule has 25 heavy (non-hydrogen) atoms. The van der Waals surface area contributed by atoms with Crippen LogP contribution in [-0.4, -0.2) is 20.4 Å². The molecule has 0 radical (unpaired) electrons. The summed E-state index contributed by atoms with van der Waals surface area (Å²) in [6.07, 6.45) is -1.03. The van der Waals surface area contributed by atoms with Crippen LogP contribution in [0.2, 0.25) is 10.0 Å². The Hall–Kier alpha value is -1.87. The zero-order chi connectivity index (χ0) is 18.6. The van der Waals surface area contributed by atoms with Crippen molar-refractivity contribution < 1.29 is 22.3 Å². The Labute approximate surface area is 153 Å². The number of hydrogen-bond acceptors (Lipinski definition) is 4. The molecule has 0 unspecified atom stereocenters. The first-order valence-electron chi connectivity index (χ1n) is 6.87. The lowest BCUT2D eigenvalue weighted by atomic mass is 10.3. The second-order valence-corrected chi connectivity index (χ2v) is 7.47. The summed E-state index contributed by atoms with van der Waals surface area (Å²) in [6.45, 7) is 1.41. The molecular weight excluding hydrogens is 394 g/mol. The fourth-order valence-electron chi connectivity index (χ4n) is 1.73. The standard InChI is InChI=1S/C15H13Cl2FN2O4S/c1-9(24-13-4-2-12(18)3-5-13)15(21)19-20-25(22,23)14-7-10(16)6-11(17)8-14/h2-9,20H,1H3,(H,19,21)/t9-/m0/s1. The molecule has 2 aromatic carbocycles. The van der Waals surface area contributed by atoms with Crippen molar-refractivity contribution in [2.24, 2.45) is 0 Å². The highest BCUT2D eigenvalue weighted by molar-refractivity contribution is 7.89. The molecule has 0 aliphatic rings. The van der Waals surface area contributed by atoms with Gasteiger partial charge in [-0.25, -0.2) is 12.8 Å². The highest BCUT2D eigenvalue weighted by Crippen LogP contribution is 2.22. The predicted molar refractivity (Wildman–Crippen MR) is 91.4 cm³/mol. The number of hydrazine groups is 1. The van der Waals surface area contributed by atoms with Crippen molar-refractivity contribution in [1.29, 1.82) is 0 Å². The van der Waals surface area contributed by atoms with Gasteiger partial charge < -0.3 is 4.74 Å². The van der Waals surface area contributed by atoms with Crippen LogP contribution in [0.4, 0.5) is 4.39 Å². The summed E-state index contributed by atoms with van der Waals surface area (Å²) in [5.41, 5.74) is 2.03. The molecule has 0 saturated carbocycles. The number of sulfonamides is 1. The minimum absolute atomic E-state index is 0.132. The van der Waals surface area contributed by atoms with Crippen molar-refractivity contribution in [3.8, 4) is 5.75 Å². The molecule has 0 aromatic heterocycles. The highest BCUT2D eigenvalue weighted by atomic mass is 35.5. The molecule has 134 valence electrons. The number of carbonyl (C=O) groups excluding carboxylic acids is 1. The van der Waals surface area contributed by atoms with Crippen LogP contribution < -0.4 is 15.0 Å². The van der Waals surface area contributed by atoms with E-state index in [9.17, 15) is 17.6 Å². The van der Waals surface area contributed by atoms with Gasteiger partial charge in [-0.2, -0.15) is 0 Å². The summed E-state index contributed by atoms with van der Waals surface area (Å²) in [4.78, 5) is 13.6. The Morgan fingerprint density at radius 3 is 2.24 bits per heavy atom. The first kappa shape index (κ1) is 19.5. The monoisotopic (exact) mass is 406 g/mol. The summed E-state index contributed by atoms with van der Waals surface area (Å²) in [6, 6.07) is 8.77. The molecule has 2 N–H and O–H groups in total. The zero-order valence-corrected chi connectivity index (χ0v) is 15.1. The van der Waals surface area contributed by atoms with Crippen molar-refractivity contribution in [1.82, 2.24) is 10.3 Å². The number of rotatable bonds is 6. The summed E-state index contributed by atoms with van der Waals surface area (Å²) >= 11 is 11.5. The summed E-state index contributed by atoms with van der Waals surface area (Å²) < 4.78 is 42.4. The molecule has 0 aliphatic heterocycles. The smallest absolute Gasteiger partial charge is 0.275 e. The predicted octanol–water partition coefficient (Wildman–Crippen LogP) is 2.91. The van der Waals surface area contributed by atoms with Crippen LogP contribution in [0.3, 0.4) is 0 Å². The van der Waals surface area contributed by atoms with E-state index in [0.29, 0.717) is 0 Å². The van der Waals surface area contributed by atoms with Crippen LogP contribution in [0.15, 0.2) is 47.4 Å². The third kappa shape index (κ3) is 5.57. The molecule has 0 aliphatic carbocycles. The summed E-state index contributed by atoms with van der Waals surface area (Å²) in [5.74, 6) is -0.938. The minimum atomic E-state index is -4.07. The van der Waals surface area contributed by atoms with Gasteiger partial charge in [0.2, 0.25) is 0 Å². The van der Waals surface area contributed by atoms with E-state index in [-0.39, 0.29) is 20.7 Å². The summed E-state index contributed by atoms with van der Waals surface area (Å²) in [5, 5.41) is 0.263. The number of carbonyl (C=O) groups is 1. The quantitative estimate of drug-likeness (QED) is 0.722. The topological polar surface area (TPSA) is 84.5 Å². The van der Waals surface area contributed by atoms with Gasteiger partial charge in [0.25, 0.3) is 15.9 Å². The lowest BCUT2D eigenvalue weighted by Crippen LogP contribution is -2.47. The molecule has 2 rings (SSSR count). The number of halogens is 3. The number of ether oxygens (including phenoxy) is 1. The minimum Gasteiger partial charge on any atom is -0.481 e. The van der Waals surface area contributed by atoms with E-state index < -0.39 is 27.9 Å². The van der Waals surface area contributed by atoms with E-state index in [2.05, 4.69) is 0 Å². The van der Waals surface area contributed by atoms with Gasteiger partial charge in [0.15, 0.2) is 6.10 Å². The number of nitrogens with one attached hydrogen (secondary N) is 2. The van der Waals surface area contributed by atoms with Crippen LogP contribution in [0.25, 0.3) is 0 Å². The largest absolute Gasteiger partial charge is 0.481 e. The molecule has 0 spiro atoms. The summed E-state index contributed by atoms with van der Waals surface area (Å²) in [7, 11) is -4.07. The van der Waals surface area contributed by atoms with Crippen molar-refractivity contribution in [2.45, 2.75) is 17.9 Å². The molecule has 1 amide bonds. The van der Waals surface area contributed by atoms with Crippen molar-refractivity contribution in [3.63, 3.8) is 0 Å². The molecule has 10 heteroatoms.